The van der Waals surface area contributed by atoms with Crippen molar-refractivity contribution in [3.8, 4) is 0 Å². The van der Waals surface area contributed by atoms with E-state index in [-0.39, 0.29) is 12.0 Å². The fourth-order valence-electron chi connectivity index (χ4n) is 3.28. The zero-order chi connectivity index (χ0) is 14.4. The fourth-order valence-corrected chi connectivity index (χ4v) is 3.28. The van der Waals surface area contributed by atoms with E-state index in [9.17, 15) is 4.79 Å². The van der Waals surface area contributed by atoms with Gasteiger partial charge in [-0.1, -0.05) is 33.1 Å². The normalized spacial score (nSPS) is 29.9. The molecule has 0 aromatic carbocycles. The van der Waals surface area contributed by atoms with Crippen molar-refractivity contribution in [2.24, 2.45) is 5.92 Å². The van der Waals surface area contributed by atoms with Crippen LogP contribution in [-0.4, -0.2) is 37.2 Å². The molecule has 2 rings (SSSR count). The summed E-state index contributed by atoms with van der Waals surface area (Å²) < 4.78 is 6.05. The molecule has 0 spiro atoms. The van der Waals surface area contributed by atoms with Gasteiger partial charge in [0.15, 0.2) is 0 Å². The lowest BCUT2D eigenvalue weighted by atomic mass is 9.95. The highest BCUT2D eigenvalue weighted by molar-refractivity contribution is 5.81. The van der Waals surface area contributed by atoms with Crippen LogP contribution in [0.3, 0.4) is 0 Å². The zero-order valence-corrected chi connectivity index (χ0v) is 13.0. The van der Waals surface area contributed by atoms with Crippen LogP contribution in [0, 0.1) is 5.92 Å². The second-order valence-electron chi connectivity index (χ2n) is 6.38. The molecular formula is C16H30N2O2. The fraction of sp³-hybridized carbons (Fsp3) is 0.938. The first-order chi connectivity index (χ1) is 9.70. The van der Waals surface area contributed by atoms with Gasteiger partial charge in [-0.05, 0) is 44.7 Å². The van der Waals surface area contributed by atoms with E-state index in [2.05, 4.69) is 17.6 Å². The standard InChI is InChI=1S/C16H30N2O2/c1-3-15(20-13-7-5-4-6-8-13)16(19)18-14-9-10-17-11-12(14)2/h12-15,17H,3-11H2,1-2H3,(H,18,19). The molecule has 1 aliphatic heterocycles. The maximum atomic E-state index is 12.4. The summed E-state index contributed by atoms with van der Waals surface area (Å²) in [6, 6.07) is 0.299. The summed E-state index contributed by atoms with van der Waals surface area (Å²) in [7, 11) is 0. The minimum atomic E-state index is -0.264. The van der Waals surface area contributed by atoms with Gasteiger partial charge in [0.1, 0.15) is 6.10 Å². The first-order valence-corrected chi connectivity index (χ1v) is 8.37. The molecule has 0 radical (unpaired) electrons. The first kappa shape index (κ1) is 15.8. The van der Waals surface area contributed by atoms with Crippen molar-refractivity contribution in [2.45, 2.75) is 77.0 Å². The van der Waals surface area contributed by atoms with Gasteiger partial charge < -0.3 is 15.4 Å². The van der Waals surface area contributed by atoms with Gasteiger partial charge in [-0.15, -0.1) is 0 Å². The lowest BCUT2D eigenvalue weighted by Gasteiger charge is -2.32. The summed E-state index contributed by atoms with van der Waals surface area (Å²) in [5.74, 6) is 0.594. The van der Waals surface area contributed by atoms with Crippen LogP contribution in [-0.2, 0) is 9.53 Å². The third-order valence-corrected chi connectivity index (χ3v) is 4.69. The molecule has 2 fully saturated rings. The molecule has 4 nitrogen and oxygen atoms in total. The quantitative estimate of drug-likeness (QED) is 0.813. The van der Waals surface area contributed by atoms with Crippen molar-refractivity contribution in [2.75, 3.05) is 13.1 Å². The summed E-state index contributed by atoms with van der Waals surface area (Å²) in [6.07, 6.45) is 7.86. The van der Waals surface area contributed by atoms with E-state index in [0.717, 1.165) is 38.8 Å². The Balaban J connectivity index is 1.81. The Kier molecular flexibility index (Phi) is 6.30. The second kappa shape index (κ2) is 7.99. The molecule has 0 aromatic heterocycles. The summed E-state index contributed by atoms with van der Waals surface area (Å²) in [4.78, 5) is 12.4. The number of hydrogen-bond donors (Lipinski definition) is 2. The van der Waals surface area contributed by atoms with Crippen LogP contribution in [0.4, 0.5) is 0 Å². The summed E-state index contributed by atoms with van der Waals surface area (Å²) in [6.45, 7) is 6.22. The van der Waals surface area contributed by atoms with Gasteiger partial charge in [-0.2, -0.15) is 0 Å². The SMILES string of the molecule is CCC(OC1CCCCC1)C(=O)NC1CCNCC1C. The summed E-state index contributed by atoms with van der Waals surface area (Å²) in [5, 5.41) is 6.57. The Hall–Kier alpha value is -0.610. The molecule has 2 N–H and O–H groups in total. The van der Waals surface area contributed by atoms with Crippen molar-refractivity contribution in [1.82, 2.24) is 10.6 Å². The smallest absolute Gasteiger partial charge is 0.249 e. The van der Waals surface area contributed by atoms with Crippen LogP contribution >= 0.6 is 0 Å². The minimum Gasteiger partial charge on any atom is -0.365 e. The molecule has 0 aromatic rings. The molecule has 1 aliphatic carbocycles. The molecule has 2 aliphatic rings. The third-order valence-electron chi connectivity index (χ3n) is 4.69. The van der Waals surface area contributed by atoms with Gasteiger partial charge in [0, 0.05) is 6.04 Å². The van der Waals surface area contributed by atoms with E-state index in [4.69, 9.17) is 4.74 Å². The highest BCUT2D eigenvalue weighted by Gasteiger charge is 2.28. The van der Waals surface area contributed by atoms with E-state index < -0.39 is 0 Å². The van der Waals surface area contributed by atoms with Crippen molar-refractivity contribution in [3.63, 3.8) is 0 Å². The molecule has 1 heterocycles. The van der Waals surface area contributed by atoms with E-state index in [1.807, 2.05) is 6.92 Å². The number of carbonyl (C=O) groups is 1. The van der Waals surface area contributed by atoms with E-state index in [1.54, 1.807) is 0 Å². The minimum absolute atomic E-state index is 0.0943. The van der Waals surface area contributed by atoms with Crippen molar-refractivity contribution in [3.05, 3.63) is 0 Å². The summed E-state index contributed by atoms with van der Waals surface area (Å²) in [5.41, 5.74) is 0. The van der Waals surface area contributed by atoms with Crippen molar-refractivity contribution in [1.29, 1.82) is 0 Å². The number of piperidine rings is 1. The topological polar surface area (TPSA) is 50.4 Å². The van der Waals surface area contributed by atoms with Crippen molar-refractivity contribution >= 4 is 5.91 Å². The Morgan fingerprint density at radius 3 is 2.70 bits per heavy atom. The van der Waals surface area contributed by atoms with Crippen LogP contribution in [0.2, 0.25) is 0 Å². The predicted molar refractivity (Wildman–Crippen MR) is 80.6 cm³/mol. The molecule has 1 saturated heterocycles. The van der Waals surface area contributed by atoms with Gasteiger partial charge in [-0.25, -0.2) is 0 Å². The number of amides is 1. The average Bonchev–Trinajstić information content (AvgIpc) is 2.48. The highest BCUT2D eigenvalue weighted by Crippen LogP contribution is 2.22. The van der Waals surface area contributed by atoms with E-state index in [0.29, 0.717) is 18.1 Å². The molecule has 1 saturated carbocycles. The molecule has 0 bridgehead atoms. The van der Waals surface area contributed by atoms with E-state index >= 15 is 0 Å². The van der Waals surface area contributed by atoms with Crippen LogP contribution in [0.15, 0.2) is 0 Å². The van der Waals surface area contributed by atoms with Crippen LogP contribution in [0.5, 0.6) is 0 Å². The number of carbonyl (C=O) groups excluding carboxylic acids is 1. The Labute approximate surface area is 123 Å². The molecule has 4 heteroatoms. The molecule has 1 amide bonds. The first-order valence-electron chi connectivity index (χ1n) is 8.37. The maximum Gasteiger partial charge on any atom is 0.249 e. The number of nitrogens with one attached hydrogen (secondary N) is 2. The van der Waals surface area contributed by atoms with Crippen molar-refractivity contribution < 1.29 is 9.53 Å². The average molecular weight is 282 g/mol. The number of hydrogen-bond acceptors (Lipinski definition) is 3. The Morgan fingerprint density at radius 1 is 1.30 bits per heavy atom. The second-order valence-corrected chi connectivity index (χ2v) is 6.38. The van der Waals surface area contributed by atoms with Gasteiger partial charge in [0.25, 0.3) is 0 Å². The maximum absolute atomic E-state index is 12.4. The Morgan fingerprint density at radius 2 is 2.05 bits per heavy atom. The number of ether oxygens (including phenoxy) is 1. The van der Waals surface area contributed by atoms with Gasteiger partial charge in [-0.3, -0.25) is 4.79 Å². The number of rotatable bonds is 5. The predicted octanol–water partition coefficient (Wildman–Crippen LogP) is 2.23. The van der Waals surface area contributed by atoms with Gasteiger partial charge >= 0.3 is 0 Å². The Bertz CT molecular complexity index is 303. The zero-order valence-electron chi connectivity index (χ0n) is 13.0. The molecular weight excluding hydrogens is 252 g/mol. The molecule has 20 heavy (non-hydrogen) atoms. The van der Waals surface area contributed by atoms with Crippen LogP contribution < -0.4 is 10.6 Å². The lowest BCUT2D eigenvalue weighted by Crippen LogP contribution is -2.51. The largest absolute Gasteiger partial charge is 0.365 e. The molecule has 3 unspecified atom stereocenters. The van der Waals surface area contributed by atoms with Crippen LogP contribution in [0.25, 0.3) is 0 Å². The highest BCUT2D eigenvalue weighted by atomic mass is 16.5. The molecule has 116 valence electrons. The monoisotopic (exact) mass is 282 g/mol. The van der Waals surface area contributed by atoms with E-state index in [1.165, 1.54) is 19.3 Å². The van der Waals surface area contributed by atoms with Gasteiger partial charge in [0.2, 0.25) is 5.91 Å². The third kappa shape index (κ3) is 4.45. The molecule has 3 atom stereocenters. The van der Waals surface area contributed by atoms with Crippen LogP contribution in [0.1, 0.15) is 58.8 Å². The summed E-state index contributed by atoms with van der Waals surface area (Å²) >= 11 is 0. The lowest BCUT2D eigenvalue weighted by molar-refractivity contribution is -0.139. The van der Waals surface area contributed by atoms with Gasteiger partial charge in [0.05, 0.1) is 6.10 Å².